The maximum atomic E-state index is 11.0. The summed E-state index contributed by atoms with van der Waals surface area (Å²) in [5.41, 5.74) is 3.40. The standard InChI is InChI=1S/C24H15N3O4/c28-22-11-8-15-13-18(27(29)30)9-10-19(15)20(22)14-25-17-5-3-4-16(12-17)24-26-21-6-1-2-7-23(21)31-24/h1-14,28H. The van der Waals surface area contributed by atoms with E-state index in [9.17, 15) is 15.2 Å². The fourth-order valence-electron chi connectivity index (χ4n) is 3.43. The van der Waals surface area contributed by atoms with E-state index in [0.717, 1.165) is 11.1 Å². The number of benzene rings is 4. The Kier molecular flexibility index (Phi) is 4.41. The topological polar surface area (TPSA) is 102 Å². The van der Waals surface area contributed by atoms with Gasteiger partial charge in [-0.15, -0.1) is 0 Å². The van der Waals surface area contributed by atoms with E-state index in [1.54, 1.807) is 18.3 Å². The highest BCUT2D eigenvalue weighted by atomic mass is 16.6. The summed E-state index contributed by atoms with van der Waals surface area (Å²) in [5.74, 6) is 0.541. The second-order valence-electron chi connectivity index (χ2n) is 6.96. The molecule has 4 aromatic carbocycles. The molecule has 0 amide bonds. The van der Waals surface area contributed by atoms with Crippen molar-refractivity contribution in [2.24, 2.45) is 4.99 Å². The molecule has 1 aromatic heterocycles. The van der Waals surface area contributed by atoms with Gasteiger partial charge < -0.3 is 9.52 Å². The molecule has 0 bridgehead atoms. The number of nitrogens with zero attached hydrogens (tertiary/aromatic N) is 3. The number of para-hydroxylation sites is 2. The molecule has 0 atom stereocenters. The number of rotatable bonds is 4. The molecule has 1 N–H and O–H groups in total. The number of aromatic hydroxyl groups is 1. The molecule has 31 heavy (non-hydrogen) atoms. The molecule has 0 aliphatic rings. The van der Waals surface area contributed by atoms with E-state index in [4.69, 9.17) is 4.42 Å². The first-order chi connectivity index (χ1) is 15.1. The molecule has 0 radical (unpaired) electrons. The molecule has 0 spiro atoms. The summed E-state index contributed by atoms with van der Waals surface area (Å²) in [6, 6.07) is 22.6. The molecular formula is C24H15N3O4. The van der Waals surface area contributed by atoms with E-state index in [1.807, 2.05) is 48.5 Å². The molecular weight excluding hydrogens is 394 g/mol. The number of oxazole rings is 1. The average molecular weight is 409 g/mol. The van der Waals surface area contributed by atoms with Gasteiger partial charge in [0.15, 0.2) is 5.58 Å². The van der Waals surface area contributed by atoms with Crippen LogP contribution >= 0.6 is 0 Å². The average Bonchev–Trinajstić information content (AvgIpc) is 3.23. The fraction of sp³-hybridized carbons (Fsp3) is 0. The predicted molar refractivity (Wildman–Crippen MR) is 119 cm³/mol. The van der Waals surface area contributed by atoms with Crippen molar-refractivity contribution < 1.29 is 14.4 Å². The predicted octanol–water partition coefficient (Wildman–Crippen LogP) is 6.01. The van der Waals surface area contributed by atoms with Crippen molar-refractivity contribution in [1.82, 2.24) is 4.98 Å². The van der Waals surface area contributed by atoms with Crippen molar-refractivity contribution in [1.29, 1.82) is 0 Å². The minimum Gasteiger partial charge on any atom is -0.507 e. The second-order valence-corrected chi connectivity index (χ2v) is 6.96. The summed E-state index contributed by atoms with van der Waals surface area (Å²) < 4.78 is 5.82. The lowest BCUT2D eigenvalue weighted by Crippen LogP contribution is -1.90. The van der Waals surface area contributed by atoms with E-state index in [0.29, 0.717) is 33.5 Å². The van der Waals surface area contributed by atoms with Crippen LogP contribution in [0.5, 0.6) is 5.75 Å². The molecule has 0 unspecified atom stereocenters. The van der Waals surface area contributed by atoms with Crippen LogP contribution in [-0.2, 0) is 0 Å². The van der Waals surface area contributed by atoms with Crippen LogP contribution in [0.3, 0.4) is 0 Å². The summed E-state index contributed by atoms with van der Waals surface area (Å²) in [5, 5.41) is 22.7. The number of phenolic OH excluding ortho intramolecular Hbond substituents is 1. The zero-order valence-corrected chi connectivity index (χ0v) is 16.1. The van der Waals surface area contributed by atoms with Gasteiger partial charge in [-0.3, -0.25) is 15.1 Å². The van der Waals surface area contributed by atoms with Crippen molar-refractivity contribution in [2.45, 2.75) is 0 Å². The zero-order valence-electron chi connectivity index (χ0n) is 16.1. The molecule has 1 heterocycles. The summed E-state index contributed by atoms with van der Waals surface area (Å²) in [6.45, 7) is 0. The fourth-order valence-corrected chi connectivity index (χ4v) is 3.43. The number of phenols is 1. The van der Waals surface area contributed by atoms with Crippen LogP contribution in [0.1, 0.15) is 5.56 Å². The summed E-state index contributed by atoms with van der Waals surface area (Å²) in [4.78, 5) is 19.6. The maximum absolute atomic E-state index is 11.0. The highest BCUT2D eigenvalue weighted by Crippen LogP contribution is 2.30. The van der Waals surface area contributed by atoms with Crippen LogP contribution in [0, 0.1) is 10.1 Å². The third-order valence-electron chi connectivity index (χ3n) is 4.96. The first kappa shape index (κ1) is 18.5. The molecule has 5 aromatic rings. The maximum Gasteiger partial charge on any atom is 0.270 e. The lowest BCUT2D eigenvalue weighted by atomic mass is 10.0. The number of hydrogen-bond donors (Lipinski definition) is 1. The Morgan fingerprint density at radius 2 is 1.87 bits per heavy atom. The van der Waals surface area contributed by atoms with Crippen molar-refractivity contribution >= 4 is 39.5 Å². The Labute approximate surface area is 176 Å². The third kappa shape index (κ3) is 3.49. The van der Waals surface area contributed by atoms with Crippen LogP contribution in [0.4, 0.5) is 11.4 Å². The van der Waals surface area contributed by atoms with Gasteiger partial charge in [-0.05, 0) is 53.2 Å². The lowest BCUT2D eigenvalue weighted by molar-refractivity contribution is -0.384. The molecule has 0 aliphatic heterocycles. The Bertz CT molecular complexity index is 1450. The third-order valence-corrected chi connectivity index (χ3v) is 4.96. The van der Waals surface area contributed by atoms with Crippen molar-refractivity contribution in [3.63, 3.8) is 0 Å². The molecule has 0 aliphatic carbocycles. The van der Waals surface area contributed by atoms with Gasteiger partial charge in [0.2, 0.25) is 5.89 Å². The van der Waals surface area contributed by atoms with Gasteiger partial charge in [-0.1, -0.05) is 24.3 Å². The molecule has 7 heteroatoms. The van der Waals surface area contributed by atoms with Crippen LogP contribution in [0.15, 0.2) is 88.3 Å². The Balaban J connectivity index is 1.52. The minimum atomic E-state index is -0.447. The monoisotopic (exact) mass is 409 g/mol. The van der Waals surface area contributed by atoms with Gasteiger partial charge in [0.05, 0.1) is 10.6 Å². The molecule has 5 rings (SSSR count). The van der Waals surface area contributed by atoms with Gasteiger partial charge in [-0.25, -0.2) is 4.98 Å². The van der Waals surface area contributed by atoms with Gasteiger partial charge in [0.1, 0.15) is 11.3 Å². The van der Waals surface area contributed by atoms with Gasteiger partial charge in [0.25, 0.3) is 5.69 Å². The summed E-state index contributed by atoms with van der Waals surface area (Å²) in [6.07, 6.45) is 1.55. The second kappa shape index (κ2) is 7.38. The van der Waals surface area contributed by atoms with E-state index in [2.05, 4.69) is 9.98 Å². The highest BCUT2D eigenvalue weighted by molar-refractivity contribution is 6.03. The highest BCUT2D eigenvalue weighted by Gasteiger charge is 2.11. The van der Waals surface area contributed by atoms with E-state index < -0.39 is 4.92 Å². The SMILES string of the molecule is O=[N+]([O-])c1ccc2c(C=Nc3cccc(-c4nc5ccccc5o4)c3)c(O)ccc2c1. The minimum absolute atomic E-state index is 0.00730. The Morgan fingerprint density at radius 1 is 1.00 bits per heavy atom. The number of hydrogen-bond acceptors (Lipinski definition) is 6. The number of fused-ring (bicyclic) bond motifs is 2. The molecule has 7 nitrogen and oxygen atoms in total. The molecule has 150 valence electrons. The Morgan fingerprint density at radius 3 is 2.71 bits per heavy atom. The van der Waals surface area contributed by atoms with Crippen molar-refractivity contribution in [2.75, 3.05) is 0 Å². The van der Waals surface area contributed by atoms with Gasteiger partial charge in [-0.2, -0.15) is 0 Å². The van der Waals surface area contributed by atoms with Gasteiger partial charge in [0, 0.05) is 29.5 Å². The van der Waals surface area contributed by atoms with Crippen molar-refractivity contribution in [3.8, 4) is 17.2 Å². The zero-order chi connectivity index (χ0) is 21.4. The number of aromatic nitrogens is 1. The lowest BCUT2D eigenvalue weighted by Gasteiger charge is -2.05. The molecule has 0 saturated carbocycles. The van der Waals surface area contributed by atoms with Crippen LogP contribution in [0.25, 0.3) is 33.3 Å². The quantitative estimate of drug-likeness (QED) is 0.222. The smallest absolute Gasteiger partial charge is 0.270 e. The van der Waals surface area contributed by atoms with Gasteiger partial charge >= 0.3 is 0 Å². The molecule has 0 fully saturated rings. The van der Waals surface area contributed by atoms with E-state index in [-0.39, 0.29) is 11.4 Å². The van der Waals surface area contributed by atoms with Crippen LogP contribution in [-0.4, -0.2) is 21.2 Å². The first-order valence-corrected chi connectivity index (χ1v) is 9.49. The normalized spacial score (nSPS) is 11.5. The number of aliphatic imine (C=N–C) groups is 1. The van der Waals surface area contributed by atoms with Crippen LogP contribution in [0.2, 0.25) is 0 Å². The number of non-ortho nitro benzene ring substituents is 1. The largest absolute Gasteiger partial charge is 0.507 e. The van der Waals surface area contributed by atoms with E-state index >= 15 is 0 Å². The Hall–Kier alpha value is -4.52. The summed E-state index contributed by atoms with van der Waals surface area (Å²) >= 11 is 0. The number of nitro groups is 1. The summed E-state index contributed by atoms with van der Waals surface area (Å²) in [7, 11) is 0. The van der Waals surface area contributed by atoms with E-state index in [1.165, 1.54) is 18.2 Å². The van der Waals surface area contributed by atoms with Crippen LogP contribution < -0.4 is 0 Å². The number of nitro benzene ring substituents is 1. The molecule has 0 saturated heterocycles. The first-order valence-electron chi connectivity index (χ1n) is 9.49. The van der Waals surface area contributed by atoms with Crippen molar-refractivity contribution in [3.05, 3.63) is 94.5 Å².